The summed E-state index contributed by atoms with van der Waals surface area (Å²) < 4.78 is 25.3. The minimum absolute atomic E-state index is 0.00279. The highest BCUT2D eigenvalue weighted by Crippen LogP contribution is 2.36. The zero-order chi connectivity index (χ0) is 22.2. The lowest BCUT2D eigenvalue weighted by Gasteiger charge is -2.14. The van der Waals surface area contributed by atoms with E-state index in [2.05, 4.69) is 10.3 Å². The number of nitrogens with one attached hydrogen (secondary N) is 1. The maximum Gasteiger partial charge on any atom is 0.306 e. The van der Waals surface area contributed by atoms with Gasteiger partial charge in [0.25, 0.3) is 0 Å². The highest BCUT2D eigenvalue weighted by atomic mass is 35.5. The van der Waals surface area contributed by atoms with Gasteiger partial charge in [0.2, 0.25) is 0 Å². The Labute approximate surface area is 186 Å². The normalized spacial score (nSPS) is 14.7. The van der Waals surface area contributed by atoms with Crippen LogP contribution in [0.2, 0.25) is 5.15 Å². The highest BCUT2D eigenvalue weighted by molar-refractivity contribution is 6.30. The molecule has 1 heterocycles. The van der Waals surface area contributed by atoms with Crippen molar-refractivity contribution in [3.8, 4) is 11.8 Å². The van der Waals surface area contributed by atoms with Crippen molar-refractivity contribution in [3.05, 3.63) is 57.6 Å². The summed E-state index contributed by atoms with van der Waals surface area (Å²) in [4.78, 5) is 15.7. The Morgan fingerprint density at radius 2 is 2.26 bits per heavy atom. The van der Waals surface area contributed by atoms with Gasteiger partial charge in [0, 0.05) is 13.0 Å². The topological polar surface area (TPSA) is 84.2 Å². The molecule has 0 bridgehead atoms. The Morgan fingerprint density at radius 1 is 1.42 bits per heavy atom. The fourth-order valence-corrected chi connectivity index (χ4v) is 3.69. The number of ether oxygens (including phenoxy) is 2. The van der Waals surface area contributed by atoms with Crippen LogP contribution in [0.5, 0.6) is 5.75 Å². The van der Waals surface area contributed by atoms with E-state index in [0.717, 1.165) is 48.6 Å². The molecule has 164 valence electrons. The van der Waals surface area contributed by atoms with Gasteiger partial charge in [0.05, 0.1) is 17.9 Å². The molecule has 8 heteroatoms. The number of carbonyl (C=O) groups is 1. The molecule has 0 amide bonds. The van der Waals surface area contributed by atoms with Gasteiger partial charge >= 0.3 is 5.97 Å². The van der Waals surface area contributed by atoms with Crippen molar-refractivity contribution in [1.82, 2.24) is 10.3 Å². The molecule has 0 aliphatic heterocycles. The largest absolute Gasteiger partial charge is 0.494 e. The average molecular weight is 446 g/mol. The van der Waals surface area contributed by atoms with E-state index >= 15 is 0 Å². The summed E-state index contributed by atoms with van der Waals surface area (Å²) in [6, 6.07) is 8.78. The van der Waals surface area contributed by atoms with E-state index in [0.29, 0.717) is 19.6 Å². The molecule has 1 atom stereocenters. The number of hydrogen-bond acceptors (Lipinski definition) is 6. The lowest BCUT2D eigenvalue weighted by atomic mass is 10.1. The number of benzene rings is 1. The van der Waals surface area contributed by atoms with E-state index < -0.39 is 5.82 Å². The average Bonchev–Trinajstić information content (AvgIpc) is 3.14. The van der Waals surface area contributed by atoms with Gasteiger partial charge in [0.15, 0.2) is 0 Å². The first-order valence-electron chi connectivity index (χ1n) is 10.4. The predicted octanol–water partition coefficient (Wildman–Crippen LogP) is 4.64. The van der Waals surface area contributed by atoms with E-state index in [1.807, 2.05) is 25.1 Å². The number of nitriles is 1. The fraction of sp³-hybridized carbons (Fsp3) is 0.435. The minimum atomic E-state index is -0.554. The first kappa shape index (κ1) is 23.0. The summed E-state index contributed by atoms with van der Waals surface area (Å²) in [5.74, 6) is 0.0823. The number of fused-ring (bicyclic) bond motifs is 1. The van der Waals surface area contributed by atoms with Crippen LogP contribution in [0, 0.1) is 17.1 Å². The SMILES string of the molecule is CCCC(=O)O[C@H]1CCc2cc(OCCCNCc3nc(Cl)c(C#N)cc3F)ccc21. The Morgan fingerprint density at radius 3 is 3.03 bits per heavy atom. The van der Waals surface area contributed by atoms with Crippen LogP contribution in [0.25, 0.3) is 0 Å². The third-order valence-electron chi connectivity index (χ3n) is 5.05. The Bertz CT molecular complexity index is 977. The van der Waals surface area contributed by atoms with Crippen LogP contribution in [0.15, 0.2) is 24.3 Å². The van der Waals surface area contributed by atoms with E-state index in [9.17, 15) is 9.18 Å². The van der Waals surface area contributed by atoms with Crippen LogP contribution in [-0.4, -0.2) is 24.1 Å². The van der Waals surface area contributed by atoms with Crippen LogP contribution >= 0.6 is 11.6 Å². The Balaban J connectivity index is 1.40. The smallest absolute Gasteiger partial charge is 0.306 e. The molecule has 31 heavy (non-hydrogen) atoms. The number of aromatic nitrogens is 1. The predicted molar refractivity (Wildman–Crippen MR) is 114 cm³/mol. The maximum atomic E-state index is 13.9. The number of carbonyl (C=O) groups excluding carboxylic acids is 1. The molecule has 0 fully saturated rings. The molecule has 1 N–H and O–H groups in total. The van der Waals surface area contributed by atoms with E-state index in [4.69, 9.17) is 26.3 Å². The van der Waals surface area contributed by atoms with Crippen LogP contribution in [0.1, 0.15) is 61.1 Å². The summed E-state index contributed by atoms with van der Waals surface area (Å²) in [7, 11) is 0. The van der Waals surface area contributed by atoms with E-state index in [-0.39, 0.29) is 35.0 Å². The van der Waals surface area contributed by atoms with Gasteiger partial charge in [0.1, 0.15) is 28.9 Å². The molecule has 3 rings (SSSR count). The highest BCUT2D eigenvalue weighted by Gasteiger charge is 2.26. The summed E-state index contributed by atoms with van der Waals surface area (Å²) >= 11 is 5.85. The first-order chi connectivity index (χ1) is 15.0. The second-order valence-electron chi connectivity index (χ2n) is 7.37. The Kier molecular flexibility index (Phi) is 8.21. The van der Waals surface area contributed by atoms with Crippen LogP contribution in [-0.2, 0) is 22.5 Å². The number of esters is 1. The molecule has 6 nitrogen and oxygen atoms in total. The number of nitrogens with zero attached hydrogens (tertiary/aromatic N) is 2. The van der Waals surface area contributed by atoms with Crippen molar-refractivity contribution in [3.63, 3.8) is 0 Å². The molecule has 1 aliphatic carbocycles. The number of halogens is 2. The summed E-state index contributed by atoms with van der Waals surface area (Å²) in [5.41, 5.74) is 2.42. The molecule has 0 saturated carbocycles. The van der Waals surface area contributed by atoms with Crippen LogP contribution in [0.3, 0.4) is 0 Å². The quantitative estimate of drug-likeness (QED) is 0.326. The van der Waals surface area contributed by atoms with Crippen molar-refractivity contribution in [2.45, 2.75) is 51.7 Å². The van der Waals surface area contributed by atoms with Crippen LogP contribution in [0.4, 0.5) is 4.39 Å². The van der Waals surface area contributed by atoms with Gasteiger partial charge < -0.3 is 14.8 Å². The monoisotopic (exact) mass is 445 g/mol. The molecule has 0 saturated heterocycles. The maximum absolute atomic E-state index is 13.9. The number of pyridine rings is 1. The molecule has 0 unspecified atom stereocenters. The minimum Gasteiger partial charge on any atom is -0.494 e. The van der Waals surface area contributed by atoms with Gasteiger partial charge in [-0.1, -0.05) is 24.6 Å². The second-order valence-corrected chi connectivity index (χ2v) is 7.73. The molecule has 0 spiro atoms. The van der Waals surface area contributed by atoms with E-state index in [1.54, 1.807) is 6.07 Å². The zero-order valence-electron chi connectivity index (χ0n) is 17.4. The summed E-state index contributed by atoms with van der Waals surface area (Å²) in [5, 5.41) is 11.9. The molecular weight excluding hydrogens is 421 g/mol. The van der Waals surface area contributed by atoms with Gasteiger partial charge in [-0.25, -0.2) is 9.37 Å². The van der Waals surface area contributed by atoms with Crippen LogP contribution < -0.4 is 10.1 Å². The molecule has 0 radical (unpaired) electrons. The molecular formula is C23H25ClFN3O3. The second kappa shape index (κ2) is 11.1. The Hall–Kier alpha value is -2.69. The van der Waals surface area contributed by atoms with Crippen molar-refractivity contribution < 1.29 is 18.7 Å². The van der Waals surface area contributed by atoms with Gasteiger partial charge in [-0.3, -0.25) is 4.79 Å². The first-order valence-corrected chi connectivity index (χ1v) is 10.8. The lowest BCUT2D eigenvalue weighted by Crippen LogP contribution is -2.19. The number of rotatable bonds is 10. The molecule has 1 aliphatic rings. The standard InChI is InChI=1S/C23H25ClFN3O3/c1-2-4-22(29)31-21-8-5-15-11-17(6-7-18(15)21)30-10-3-9-27-14-20-19(25)12-16(13-26)23(24)28-20/h6-7,11-12,21,27H,2-5,8-10,14H2,1H3/t21-/m0/s1. The number of aryl methyl sites for hydroxylation is 1. The number of hydrogen-bond donors (Lipinski definition) is 1. The van der Waals surface area contributed by atoms with Crippen molar-refractivity contribution in [1.29, 1.82) is 5.26 Å². The van der Waals surface area contributed by atoms with Crippen molar-refractivity contribution >= 4 is 17.6 Å². The molecule has 2 aromatic rings. The van der Waals surface area contributed by atoms with E-state index in [1.165, 1.54) is 0 Å². The molecule has 1 aromatic carbocycles. The lowest BCUT2D eigenvalue weighted by molar-refractivity contribution is -0.149. The van der Waals surface area contributed by atoms with Gasteiger partial charge in [-0.15, -0.1) is 0 Å². The fourth-order valence-electron chi connectivity index (χ4n) is 3.49. The summed E-state index contributed by atoms with van der Waals surface area (Å²) in [6.07, 6.45) is 3.47. The third-order valence-corrected chi connectivity index (χ3v) is 5.33. The van der Waals surface area contributed by atoms with Crippen molar-refractivity contribution in [2.75, 3.05) is 13.2 Å². The van der Waals surface area contributed by atoms with Gasteiger partial charge in [-0.05, 0) is 61.6 Å². The summed E-state index contributed by atoms with van der Waals surface area (Å²) in [6.45, 7) is 3.29. The third kappa shape index (κ3) is 6.16. The molecule has 1 aromatic heterocycles. The van der Waals surface area contributed by atoms with Crippen molar-refractivity contribution in [2.24, 2.45) is 0 Å². The zero-order valence-corrected chi connectivity index (χ0v) is 18.2. The van der Waals surface area contributed by atoms with Gasteiger partial charge in [-0.2, -0.15) is 5.26 Å².